The van der Waals surface area contributed by atoms with E-state index in [1.165, 1.54) is 49.2 Å². The van der Waals surface area contributed by atoms with Gasteiger partial charge in [-0.05, 0) is 66.9 Å². The number of hydrogen-bond donors (Lipinski definition) is 1. The quantitative estimate of drug-likeness (QED) is 0.827. The normalized spacial score (nSPS) is 21.4. The third kappa shape index (κ3) is 4.96. The third-order valence-corrected chi connectivity index (χ3v) is 6.89. The molecule has 2 aliphatic rings. The number of nitrogens with one attached hydrogen (secondary N) is 1. The summed E-state index contributed by atoms with van der Waals surface area (Å²) in [5.74, 6) is 3.93. The lowest BCUT2D eigenvalue weighted by Gasteiger charge is -2.35. The van der Waals surface area contributed by atoms with Gasteiger partial charge >= 0.3 is 0 Å². The van der Waals surface area contributed by atoms with Crippen molar-refractivity contribution >= 4 is 28.4 Å². The molecule has 0 aromatic heterocycles. The maximum Gasteiger partial charge on any atom is 0.257 e. The lowest BCUT2D eigenvalue weighted by Crippen LogP contribution is -2.44. The Morgan fingerprint density at radius 2 is 1.93 bits per heavy atom. The van der Waals surface area contributed by atoms with Crippen LogP contribution >= 0.6 is 11.8 Å². The van der Waals surface area contributed by atoms with Gasteiger partial charge in [0.2, 0.25) is 0 Å². The monoisotopic (exact) mass is 384 g/mol. The Hall–Kier alpha value is -1.72. The Morgan fingerprint density at radius 3 is 2.70 bits per heavy atom. The first-order chi connectivity index (χ1) is 13.3. The van der Waals surface area contributed by atoms with E-state index in [-0.39, 0.29) is 12.5 Å². The highest BCUT2D eigenvalue weighted by Gasteiger charge is 2.27. The summed E-state index contributed by atoms with van der Waals surface area (Å²) in [6.45, 7) is 3.21. The van der Waals surface area contributed by atoms with Gasteiger partial charge in [-0.3, -0.25) is 9.69 Å². The molecule has 5 heteroatoms. The number of rotatable bonds is 6. The predicted molar refractivity (Wildman–Crippen MR) is 112 cm³/mol. The van der Waals surface area contributed by atoms with Crippen molar-refractivity contribution in [1.82, 2.24) is 10.2 Å². The third-order valence-electron chi connectivity index (χ3n) is 5.75. The van der Waals surface area contributed by atoms with Crippen LogP contribution in [0.1, 0.15) is 19.3 Å². The van der Waals surface area contributed by atoms with E-state index in [4.69, 9.17) is 4.74 Å². The molecule has 1 amide bonds. The van der Waals surface area contributed by atoms with E-state index >= 15 is 0 Å². The Kier molecular flexibility index (Phi) is 6.20. The molecule has 1 unspecified atom stereocenters. The maximum atomic E-state index is 12.1. The van der Waals surface area contributed by atoms with Crippen molar-refractivity contribution in [3.63, 3.8) is 0 Å². The summed E-state index contributed by atoms with van der Waals surface area (Å²) in [6, 6.07) is 14.9. The van der Waals surface area contributed by atoms with Crippen LogP contribution in [0, 0.1) is 5.92 Å². The smallest absolute Gasteiger partial charge is 0.257 e. The minimum Gasteiger partial charge on any atom is -0.484 e. The van der Waals surface area contributed by atoms with Gasteiger partial charge < -0.3 is 10.1 Å². The molecule has 2 fully saturated rings. The van der Waals surface area contributed by atoms with Gasteiger partial charge in [-0.15, -0.1) is 0 Å². The number of carbonyl (C=O) groups excluding carboxylic acids is 1. The molecule has 4 nitrogen and oxygen atoms in total. The van der Waals surface area contributed by atoms with E-state index in [0.717, 1.165) is 23.7 Å². The molecule has 0 aliphatic carbocycles. The fourth-order valence-corrected chi connectivity index (χ4v) is 5.30. The van der Waals surface area contributed by atoms with Crippen LogP contribution in [0.4, 0.5) is 0 Å². The van der Waals surface area contributed by atoms with Crippen molar-refractivity contribution in [3.8, 4) is 5.75 Å². The van der Waals surface area contributed by atoms with Gasteiger partial charge in [-0.1, -0.05) is 30.3 Å². The number of ether oxygens (including phenoxy) is 1. The highest BCUT2D eigenvalue weighted by Crippen LogP contribution is 2.26. The van der Waals surface area contributed by atoms with Crippen molar-refractivity contribution in [2.75, 3.05) is 37.7 Å². The first kappa shape index (κ1) is 18.6. The van der Waals surface area contributed by atoms with E-state index in [0.29, 0.717) is 5.92 Å². The number of amides is 1. The molecule has 2 heterocycles. The zero-order valence-corrected chi connectivity index (χ0v) is 16.5. The fourth-order valence-electron chi connectivity index (χ4n) is 4.05. The summed E-state index contributed by atoms with van der Waals surface area (Å²) in [6.07, 6.45) is 3.72. The number of nitrogens with zero attached hydrogens (tertiary/aromatic N) is 1. The van der Waals surface area contributed by atoms with Gasteiger partial charge in [0.05, 0.1) is 0 Å². The van der Waals surface area contributed by atoms with E-state index < -0.39 is 0 Å². The molecule has 2 aliphatic heterocycles. The molecule has 1 N–H and O–H groups in total. The van der Waals surface area contributed by atoms with Crippen LogP contribution in [0.25, 0.3) is 10.8 Å². The minimum atomic E-state index is -0.0298. The van der Waals surface area contributed by atoms with Gasteiger partial charge in [0.25, 0.3) is 5.91 Å². The molecule has 2 saturated heterocycles. The Bertz CT molecular complexity index is 768. The Morgan fingerprint density at radius 1 is 1.11 bits per heavy atom. The van der Waals surface area contributed by atoms with Crippen LogP contribution in [0.2, 0.25) is 0 Å². The molecule has 0 spiro atoms. The number of carbonyl (C=O) groups is 1. The molecule has 2 aromatic carbocycles. The molecule has 4 rings (SSSR count). The van der Waals surface area contributed by atoms with Crippen LogP contribution in [-0.4, -0.2) is 54.6 Å². The summed E-state index contributed by atoms with van der Waals surface area (Å²) in [5.41, 5.74) is 0. The zero-order valence-electron chi connectivity index (χ0n) is 15.7. The average molecular weight is 385 g/mol. The molecule has 0 radical (unpaired) electrons. The van der Waals surface area contributed by atoms with E-state index in [2.05, 4.69) is 34.1 Å². The van der Waals surface area contributed by atoms with Crippen molar-refractivity contribution in [1.29, 1.82) is 0 Å². The van der Waals surface area contributed by atoms with Crippen LogP contribution in [0.5, 0.6) is 5.75 Å². The number of hydrogen-bond acceptors (Lipinski definition) is 4. The highest BCUT2D eigenvalue weighted by molar-refractivity contribution is 7.99. The SMILES string of the molecule is O=C(COc1ccc2ccccc2c1)NCC1CCN(C2CCSC2)CC1. The summed E-state index contributed by atoms with van der Waals surface area (Å²) in [7, 11) is 0. The molecule has 27 heavy (non-hydrogen) atoms. The lowest BCUT2D eigenvalue weighted by molar-refractivity contribution is -0.123. The van der Waals surface area contributed by atoms with Gasteiger partial charge in [-0.25, -0.2) is 0 Å². The summed E-state index contributed by atoms with van der Waals surface area (Å²) >= 11 is 2.08. The van der Waals surface area contributed by atoms with E-state index in [1.54, 1.807) is 0 Å². The standard InChI is InChI=1S/C22H28N2O2S/c25-22(15-26-21-6-5-18-3-1-2-4-19(18)13-21)23-14-17-7-10-24(11-8-17)20-9-12-27-16-20/h1-6,13,17,20H,7-12,14-16H2,(H,23,25). The molecule has 2 aromatic rings. The van der Waals surface area contributed by atoms with Gasteiger partial charge in [0.1, 0.15) is 5.75 Å². The van der Waals surface area contributed by atoms with Crippen LogP contribution in [0.3, 0.4) is 0 Å². The van der Waals surface area contributed by atoms with Crippen LogP contribution in [0.15, 0.2) is 42.5 Å². The van der Waals surface area contributed by atoms with Gasteiger partial charge in [-0.2, -0.15) is 11.8 Å². The van der Waals surface area contributed by atoms with Crippen molar-refractivity contribution in [3.05, 3.63) is 42.5 Å². The lowest BCUT2D eigenvalue weighted by atomic mass is 9.95. The second kappa shape index (κ2) is 8.98. The van der Waals surface area contributed by atoms with Crippen molar-refractivity contribution in [2.24, 2.45) is 5.92 Å². The number of benzene rings is 2. The molecule has 0 saturated carbocycles. The summed E-state index contributed by atoms with van der Waals surface area (Å²) in [4.78, 5) is 14.8. The first-order valence-corrected chi connectivity index (χ1v) is 11.1. The number of likely N-dealkylation sites (tertiary alicyclic amines) is 1. The number of fused-ring (bicyclic) bond motifs is 1. The fraction of sp³-hybridized carbons (Fsp3) is 0.500. The molecular formula is C22H28N2O2S. The van der Waals surface area contributed by atoms with Gasteiger partial charge in [0.15, 0.2) is 6.61 Å². The van der Waals surface area contributed by atoms with Crippen LogP contribution < -0.4 is 10.1 Å². The van der Waals surface area contributed by atoms with E-state index in [1.807, 2.05) is 30.3 Å². The predicted octanol–water partition coefficient (Wildman–Crippen LogP) is 3.55. The maximum absolute atomic E-state index is 12.1. The molecule has 1 atom stereocenters. The van der Waals surface area contributed by atoms with Gasteiger partial charge in [0, 0.05) is 18.3 Å². The number of piperidine rings is 1. The summed E-state index contributed by atoms with van der Waals surface area (Å²) < 4.78 is 5.68. The van der Waals surface area contributed by atoms with Crippen LogP contribution in [-0.2, 0) is 4.79 Å². The van der Waals surface area contributed by atoms with Crippen molar-refractivity contribution < 1.29 is 9.53 Å². The number of thioether (sulfide) groups is 1. The highest BCUT2D eigenvalue weighted by atomic mass is 32.2. The molecular weight excluding hydrogens is 356 g/mol. The summed E-state index contributed by atoms with van der Waals surface area (Å²) in [5, 5.41) is 5.36. The Labute approximate surface area is 165 Å². The van der Waals surface area contributed by atoms with E-state index in [9.17, 15) is 4.79 Å². The topological polar surface area (TPSA) is 41.6 Å². The molecule has 144 valence electrons. The largest absolute Gasteiger partial charge is 0.484 e. The second-order valence-electron chi connectivity index (χ2n) is 7.60. The first-order valence-electron chi connectivity index (χ1n) is 9.98. The Balaban J connectivity index is 1.17. The molecule has 0 bridgehead atoms. The average Bonchev–Trinajstić information content (AvgIpc) is 3.26. The minimum absolute atomic E-state index is 0.0298. The zero-order chi connectivity index (χ0) is 18.5. The second-order valence-corrected chi connectivity index (χ2v) is 8.75. The van der Waals surface area contributed by atoms with Crippen molar-refractivity contribution in [2.45, 2.75) is 25.3 Å².